The smallest absolute Gasteiger partial charge is 0.396 e. The van der Waals surface area contributed by atoms with Gasteiger partial charge in [-0.3, -0.25) is 20.1 Å². The van der Waals surface area contributed by atoms with Crippen LogP contribution in [0.5, 0.6) is 0 Å². The van der Waals surface area contributed by atoms with Crippen molar-refractivity contribution >= 4 is 6.21 Å². The van der Waals surface area contributed by atoms with E-state index in [1.165, 1.54) is 12.3 Å². The number of pyridine rings is 1. The van der Waals surface area contributed by atoms with Gasteiger partial charge in [-0.1, -0.05) is 0 Å². The molecule has 2 rings (SSSR count). The maximum atomic E-state index is 12.5. The molecule has 1 aromatic heterocycles. The lowest BCUT2D eigenvalue weighted by molar-refractivity contribution is -0.572. The number of aromatic nitrogens is 1. The lowest BCUT2D eigenvalue weighted by Gasteiger charge is -2.30. The van der Waals surface area contributed by atoms with Crippen LogP contribution in [0.15, 0.2) is 35.1 Å². The molecule has 2 atom stereocenters. The molecule has 10 heteroatoms. The first kappa shape index (κ1) is 14.9. The van der Waals surface area contributed by atoms with Crippen molar-refractivity contribution in [3.8, 4) is 0 Å². The van der Waals surface area contributed by atoms with Crippen molar-refractivity contribution < 1.29 is 18.1 Å². The summed E-state index contributed by atoms with van der Waals surface area (Å²) in [5.41, 5.74) is 7.52. The number of hydrogen-bond acceptors (Lipinski definition) is 6. The van der Waals surface area contributed by atoms with Crippen LogP contribution in [0.3, 0.4) is 0 Å². The Morgan fingerprint density at radius 3 is 2.48 bits per heavy atom. The number of hydrogen-bond donors (Lipinski definition) is 2. The van der Waals surface area contributed by atoms with Crippen LogP contribution in [0, 0.1) is 10.1 Å². The molecule has 0 radical (unpaired) electrons. The van der Waals surface area contributed by atoms with E-state index in [-0.39, 0.29) is 11.4 Å². The Balaban J connectivity index is 2.57. The molecule has 2 heterocycles. The van der Waals surface area contributed by atoms with Crippen LogP contribution in [0.2, 0.25) is 0 Å². The Hall–Kier alpha value is -2.49. The van der Waals surface area contributed by atoms with E-state index in [2.05, 4.69) is 9.98 Å². The summed E-state index contributed by atoms with van der Waals surface area (Å²) in [6.45, 7) is 0. The Kier molecular flexibility index (Phi) is 3.41. The van der Waals surface area contributed by atoms with Crippen molar-refractivity contribution in [2.75, 3.05) is 0 Å². The van der Waals surface area contributed by atoms with Gasteiger partial charge in [0.2, 0.25) is 0 Å². The number of nitrogens with two attached hydrogens (primary N) is 2. The van der Waals surface area contributed by atoms with Gasteiger partial charge in [-0.05, 0) is 18.2 Å². The third kappa shape index (κ3) is 2.23. The van der Waals surface area contributed by atoms with Crippen molar-refractivity contribution in [3.63, 3.8) is 0 Å². The van der Waals surface area contributed by atoms with Crippen LogP contribution < -0.4 is 11.5 Å². The summed E-state index contributed by atoms with van der Waals surface area (Å²) < 4.78 is 37.5. The van der Waals surface area contributed by atoms with Gasteiger partial charge in [-0.2, -0.15) is 13.2 Å². The molecule has 0 fully saturated rings. The molecular formula is C11H10F3N5O2. The average Bonchev–Trinajstić information content (AvgIpc) is 2.38. The molecule has 2 unspecified atom stereocenters. The molecule has 7 nitrogen and oxygen atoms in total. The third-order valence-corrected chi connectivity index (χ3v) is 3.14. The molecule has 112 valence electrons. The van der Waals surface area contributed by atoms with Gasteiger partial charge >= 0.3 is 11.7 Å². The number of rotatable bonds is 2. The second-order valence-corrected chi connectivity index (χ2v) is 4.32. The van der Waals surface area contributed by atoms with Crippen LogP contribution in [0.4, 0.5) is 13.2 Å². The molecule has 0 bridgehead atoms. The number of halogens is 3. The molecule has 21 heavy (non-hydrogen) atoms. The molecule has 0 amide bonds. The van der Waals surface area contributed by atoms with E-state index in [0.717, 1.165) is 6.07 Å². The molecule has 0 spiro atoms. The van der Waals surface area contributed by atoms with E-state index < -0.39 is 28.4 Å². The summed E-state index contributed by atoms with van der Waals surface area (Å²) in [6.07, 6.45) is -3.11. The SMILES string of the molecule is NC1=CC=NC(N)C1(c1ccc(C(F)(F)F)cn1)[N+](=O)[O-]. The fourth-order valence-corrected chi connectivity index (χ4v) is 2.02. The summed E-state index contributed by atoms with van der Waals surface area (Å²) in [5, 5.41) is 11.4. The highest BCUT2D eigenvalue weighted by molar-refractivity contribution is 5.74. The van der Waals surface area contributed by atoms with Gasteiger partial charge < -0.3 is 11.5 Å². The number of alkyl halides is 3. The van der Waals surface area contributed by atoms with Crippen LogP contribution >= 0.6 is 0 Å². The van der Waals surface area contributed by atoms with E-state index in [1.54, 1.807) is 0 Å². The zero-order valence-corrected chi connectivity index (χ0v) is 10.4. The Labute approximate surface area is 116 Å². The van der Waals surface area contributed by atoms with Gasteiger partial charge in [0.15, 0.2) is 6.17 Å². The number of allylic oxidation sites excluding steroid dienone is 1. The van der Waals surface area contributed by atoms with E-state index in [0.29, 0.717) is 12.3 Å². The van der Waals surface area contributed by atoms with Crippen LogP contribution in [-0.2, 0) is 11.7 Å². The third-order valence-electron chi connectivity index (χ3n) is 3.14. The largest absolute Gasteiger partial charge is 0.417 e. The first-order valence-corrected chi connectivity index (χ1v) is 5.64. The van der Waals surface area contributed by atoms with Crippen molar-refractivity contribution in [3.05, 3.63) is 51.5 Å². The standard InChI is InChI=1S/C11H10F3N5O2/c12-11(13,14)6-1-2-8(18-5-6)10(19(20)21)7(15)3-4-17-9(10)16/h1-5,9H,15-16H2. The maximum absolute atomic E-state index is 12.5. The second-order valence-electron chi connectivity index (χ2n) is 4.32. The van der Waals surface area contributed by atoms with Crippen molar-refractivity contribution in [1.29, 1.82) is 0 Å². The summed E-state index contributed by atoms with van der Waals surface area (Å²) in [6, 6.07) is 1.57. The molecular weight excluding hydrogens is 291 g/mol. The van der Waals surface area contributed by atoms with Crippen molar-refractivity contribution in [2.24, 2.45) is 16.5 Å². The average molecular weight is 301 g/mol. The summed E-state index contributed by atoms with van der Waals surface area (Å²) in [5.74, 6) is 0. The quantitative estimate of drug-likeness (QED) is 0.618. The molecule has 0 saturated heterocycles. The summed E-state index contributed by atoms with van der Waals surface area (Å²) in [4.78, 5) is 17.9. The zero-order chi connectivity index (χ0) is 15.8. The summed E-state index contributed by atoms with van der Waals surface area (Å²) >= 11 is 0. The molecule has 1 aliphatic rings. The molecule has 0 aromatic carbocycles. The van der Waals surface area contributed by atoms with E-state index in [4.69, 9.17) is 11.5 Å². The molecule has 0 aliphatic carbocycles. The maximum Gasteiger partial charge on any atom is 0.417 e. The van der Waals surface area contributed by atoms with Crippen molar-refractivity contribution in [2.45, 2.75) is 17.9 Å². The van der Waals surface area contributed by atoms with E-state index in [1.807, 2.05) is 0 Å². The molecule has 0 saturated carbocycles. The summed E-state index contributed by atoms with van der Waals surface area (Å²) in [7, 11) is 0. The van der Waals surface area contributed by atoms with Gasteiger partial charge in [0, 0.05) is 17.3 Å². The lowest BCUT2D eigenvalue weighted by atomic mass is 9.86. The van der Waals surface area contributed by atoms with Crippen LogP contribution in [0.25, 0.3) is 0 Å². The topological polar surface area (TPSA) is 120 Å². The Morgan fingerprint density at radius 1 is 1.38 bits per heavy atom. The molecule has 1 aliphatic heterocycles. The second kappa shape index (κ2) is 4.81. The fraction of sp³-hybridized carbons (Fsp3) is 0.273. The minimum atomic E-state index is -4.60. The Bertz CT molecular complexity index is 626. The van der Waals surface area contributed by atoms with Gasteiger partial charge in [0.1, 0.15) is 5.69 Å². The first-order valence-electron chi connectivity index (χ1n) is 5.64. The number of nitrogens with zero attached hydrogens (tertiary/aromatic N) is 3. The predicted octanol–water partition coefficient (Wildman–Crippen LogP) is 0.784. The first-order chi connectivity index (χ1) is 9.70. The highest BCUT2D eigenvalue weighted by Crippen LogP contribution is 2.36. The fourth-order valence-electron chi connectivity index (χ4n) is 2.02. The van der Waals surface area contributed by atoms with Crippen LogP contribution in [-0.4, -0.2) is 22.3 Å². The monoisotopic (exact) mass is 301 g/mol. The van der Waals surface area contributed by atoms with Gasteiger partial charge in [0.25, 0.3) is 0 Å². The van der Waals surface area contributed by atoms with Gasteiger partial charge in [-0.15, -0.1) is 0 Å². The number of nitro groups is 1. The highest BCUT2D eigenvalue weighted by Gasteiger charge is 2.56. The van der Waals surface area contributed by atoms with E-state index >= 15 is 0 Å². The highest BCUT2D eigenvalue weighted by atomic mass is 19.4. The normalized spacial score (nSPS) is 25.5. The van der Waals surface area contributed by atoms with Gasteiger partial charge in [-0.25, -0.2) is 0 Å². The number of aliphatic imine (C=N–C) groups is 1. The van der Waals surface area contributed by atoms with Crippen LogP contribution in [0.1, 0.15) is 11.3 Å². The minimum absolute atomic E-state index is 0.248. The van der Waals surface area contributed by atoms with Gasteiger partial charge in [0.05, 0.1) is 11.3 Å². The zero-order valence-electron chi connectivity index (χ0n) is 10.4. The number of dihydropyridines is 1. The molecule has 1 aromatic rings. The Morgan fingerprint density at radius 2 is 2.05 bits per heavy atom. The molecule has 4 N–H and O–H groups in total. The lowest BCUT2D eigenvalue weighted by Crippen LogP contribution is -2.55. The minimum Gasteiger partial charge on any atom is -0.396 e. The van der Waals surface area contributed by atoms with Crippen molar-refractivity contribution in [1.82, 2.24) is 4.98 Å². The predicted molar refractivity (Wildman–Crippen MR) is 66.6 cm³/mol. The van der Waals surface area contributed by atoms with E-state index in [9.17, 15) is 23.3 Å².